The predicted molar refractivity (Wildman–Crippen MR) is 137 cm³/mol. The largest absolute Gasteiger partial charge is 0.444 e. The van der Waals surface area contributed by atoms with E-state index in [-0.39, 0.29) is 29.6 Å². The zero-order valence-electron chi connectivity index (χ0n) is 22.4. The number of rotatable bonds is 6. The van der Waals surface area contributed by atoms with Gasteiger partial charge in [-0.1, -0.05) is 13.8 Å². The first-order chi connectivity index (χ1) is 17.4. The van der Waals surface area contributed by atoms with Crippen molar-refractivity contribution in [3.8, 4) is 0 Å². The molecule has 0 aliphatic carbocycles. The first-order valence-corrected chi connectivity index (χ1v) is 13.0. The maximum absolute atomic E-state index is 13.2. The summed E-state index contributed by atoms with van der Waals surface area (Å²) >= 11 is 0. The molecule has 0 saturated carbocycles. The van der Waals surface area contributed by atoms with E-state index in [1.54, 1.807) is 25.7 Å². The second-order valence-corrected chi connectivity index (χ2v) is 11.2. The Labute approximate surface area is 218 Å². The molecule has 0 spiro atoms. The van der Waals surface area contributed by atoms with Crippen LogP contribution in [0.4, 0.5) is 14.9 Å². The molecule has 3 rings (SSSR count). The number of halogens is 1. The Morgan fingerprint density at radius 2 is 1.62 bits per heavy atom. The van der Waals surface area contributed by atoms with Crippen LogP contribution in [-0.4, -0.2) is 70.9 Å². The fraction of sp³-hybridized carbons (Fsp3) is 0.630. The minimum atomic E-state index is -0.752. The highest BCUT2D eigenvalue weighted by molar-refractivity contribution is 5.97. The summed E-state index contributed by atoms with van der Waals surface area (Å²) in [6, 6.07) is 4.15. The van der Waals surface area contributed by atoms with Crippen LogP contribution in [0.2, 0.25) is 0 Å². The number of hydrogen-bond donors (Lipinski definition) is 2. The Hall–Kier alpha value is -3.17. The number of piperidine rings is 1. The van der Waals surface area contributed by atoms with E-state index >= 15 is 0 Å². The molecule has 2 atom stereocenters. The number of amides is 4. The summed E-state index contributed by atoms with van der Waals surface area (Å²) in [7, 11) is 0. The van der Waals surface area contributed by atoms with Crippen LogP contribution in [0.15, 0.2) is 24.3 Å². The molecule has 0 aromatic heterocycles. The summed E-state index contributed by atoms with van der Waals surface area (Å²) in [4.78, 5) is 54.8. The van der Waals surface area contributed by atoms with Gasteiger partial charge in [0.2, 0.25) is 17.7 Å². The van der Waals surface area contributed by atoms with Crippen LogP contribution in [0, 0.1) is 17.7 Å². The van der Waals surface area contributed by atoms with E-state index in [1.807, 2.05) is 13.8 Å². The summed E-state index contributed by atoms with van der Waals surface area (Å²) in [5.41, 5.74) is -0.187. The molecule has 2 heterocycles. The smallest absolute Gasteiger partial charge is 0.410 e. The van der Waals surface area contributed by atoms with Crippen molar-refractivity contribution in [2.75, 3.05) is 25.0 Å². The van der Waals surface area contributed by atoms with E-state index in [2.05, 4.69) is 10.6 Å². The summed E-state index contributed by atoms with van der Waals surface area (Å²) in [5, 5.41) is 5.59. The molecule has 2 aliphatic rings. The van der Waals surface area contributed by atoms with Gasteiger partial charge in [-0.2, -0.15) is 0 Å². The number of ether oxygens (including phenoxy) is 1. The van der Waals surface area contributed by atoms with E-state index in [9.17, 15) is 23.6 Å². The van der Waals surface area contributed by atoms with Crippen LogP contribution in [0.3, 0.4) is 0 Å². The molecule has 0 unspecified atom stereocenters. The molecule has 1 aromatic rings. The third-order valence-electron chi connectivity index (χ3n) is 6.70. The van der Waals surface area contributed by atoms with Gasteiger partial charge in [-0.3, -0.25) is 19.3 Å². The molecule has 2 N–H and O–H groups in total. The molecule has 37 heavy (non-hydrogen) atoms. The summed E-state index contributed by atoms with van der Waals surface area (Å²) in [5.74, 6) is -1.59. The minimum absolute atomic E-state index is 0.110. The highest BCUT2D eigenvalue weighted by atomic mass is 19.1. The van der Waals surface area contributed by atoms with E-state index in [0.717, 1.165) is 6.42 Å². The molecule has 0 bridgehead atoms. The maximum atomic E-state index is 13.2. The number of hydrogen-bond acceptors (Lipinski definition) is 5. The third-order valence-corrected chi connectivity index (χ3v) is 6.70. The highest BCUT2D eigenvalue weighted by Crippen LogP contribution is 2.25. The predicted octanol–water partition coefficient (Wildman–Crippen LogP) is 3.54. The van der Waals surface area contributed by atoms with Gasteiger partial charge < -0.3 is 20.3 Å². The lowest BCUT2D eigenvalue weighted by Gasteiger charge is -2.36. The topological polar surface area (TPSA) is 108 Å². The lowest BCUT2D eigenvalue weighted by molar-refractivity contribution is -0.139. The van der Waals surface area contributed by atoms with Gasteiger partial charge in [0, 0.05) is 31.2 Å². The van der Waals surface area contributed by atoms with E-state index in [0.29, 0.717) is 44.6 Å². The molecule has 4 amide bonds. The molecule has 2 saturated heterocycles. The number of nitrogens with one attached hydrogen (secondary N) is 2. The van der Waals surface area contributed by atoms with Gasteiger partial charge in [0.05, 0.1) is 0 Å². The highest BCUT2D eigenvalue weighted by Gasteiger charge is 2.40. The number of carbonyl (C=O) groups excluding carboxylic acids is 4. The van der Waals surface area contributed by atoms with Crippen LogP contribution in [0.25, 0.3) is 0 Å². The first kappa shape index (κ1) is 28.4. The summed E-state index contributed by atoms with van der Waals surface area (Å²) < 4.78 is 18.6. The lowest BCUT2D eigenvalue weighted by Crippen LogP contribution is -2.53. The zero-order chi connectivity index (χ0) is 27.3. The molecule has 9 nitrogen and oxygen atoms in total. The van der Waals surface area contributed by atoms with E-state index in [4.69, 9.17) is 4.74 Å². The average molecular weight is 519 g/mol. The molecule has 1 aromatic carbocycles. The molecule has 204 valence electrons. The number of nitrogens with zero attached hydrogens (tertiary/aromatic N) is 2. The van der Waals surface area contributed by atoms with Crippen molar-refractivity contribution in [1.82, 2.24) is 15.1 Å². The van der Waals surface area contributed by atoms with Gasteiger partial charge in [-0.05, 0) is 76.6 Å². The Kier molecular flexibility index (Phi) is 9.15. The van der Waals surface area contributed by atoms with Gasteiger partial charge in [-0.15, -0.1) is 0 Å². The van der Waals surface area contributed by atoms with Gasteiger partial charge in [0.1, 0.15) is 23.5 Å². The van der Waals surface area contributed by atoms with Gasteiger partial charge in [-0.25, -0.2) is 9.18 Å². The van der Waals surface area contributed by atoms with Crippen LogP contribution < -0.4 is 10.6 Å². The Morgan fingerprint density at radius 1 is 1.00 bits per heavy atom. The molecule has 2 fully saturated rings. The third kappa shape index (κ3) is 7.66. The average Bonchev–Trinajstić information content (AvgIpc) is 3.32. The molecule has 10 heteroatoms. The summed E-state index contributed by atoms with van der Waals surface area (Å²) in [6.45, 7) is 10.4. The summed E-state index contributed by atoms with van der Waals surface area (Å²) in [6.07, 6.45) is 1.81. The van der Waals surface area contributed by atoms with E-state index < -0.39 is 29.6 Å². The number of carbonyl (C=O) groups is 4. The quantitative estimate of drug-likeness (QED) is 0.599. The Bertz CT molecular complexity index is 984. The monoisotopic (exact) mass is 518 g/mol. The Morgan fingerprint density at radius 3 is 2.19 bits per heavy atom. The van der Waals surface area contributed by atoms with Crippen molar-refractivity contribution < 1.29 is 28.3 Å². The van der Waals surface area contributed by atoms with E-state index in [1.165, 1.54) is 29.2 Å². The number of likely N-dealkylation sites (tertiary alicyclic amines) is 2. The van der Waals surface area contributed by atoms with Crippen LogP contribution in [-0.2, 0) is 19.1 Å². The molecular formula is C27H39FN4O5. The normalized spacial score (nSPS) is 19.5. The van der Waals surface area contributed by atoms with Crippen molar-refractivity contribution in [3.05, 3.63) is 30.1 Å². The van der Waals surface area contributed by atoms with Crippen LogP contribution in [0.5, 0.6) is 0 Å². The van der Waals surface area contributed by atoms with Crippen molar-refractivity contribution in [3.63, 3.8) is 0 Å². The second-order valence-electron chi connectivity index (χ2n) is 11.2. The van der Waals surface area contributed by atoms with Crippen molar-refractivity contribution in [2.24, 2.45) is 11.8 Å². The lowest BCUT2D eigenvalue weighted by atomic mass is 9.94. The molecular weight excluding hydrogens is 479 g/mol. The van der Waals surface area contributed by atoms with Crippen LogP contribution in [0.1, 0.15) is 60.3 Å². The minimum Gasteiger partial charge on any atom is -0.444 e. The zero-order valence-corrected chi connectivity index (χ0v) is 22.4. The first-order valence-electron chi connectivity index (χ1n) is 13.0. The van der Waals surface area contributed by atoms with Crippen molar-refractivity contribution in [1.29, 1.82) is 0 Å². The molecule has 0 radical (unpaired) electrons. The van der Waals surface area contributed by atoms with Crippen molar-refractivity contribution >= 4 is 29.5 Å². The van der Waals surface area contributed by atoms with Crippen molar-refractivity contribution in [2.45, 2.75) is 78.0 Å². The Balaban J connectivity index is 1.53. The van der Waals surface area contributed by atoms with Gasteiger partial charge in [0.25, 0.3) is 0 Å². The standard InChI is InChI=1S/C27H39FN4O5/c1-17(2)22(24(34)29-20-10-8-19(28)9-11-20)30-23(33)18-12-15-31(16-13-18)25(35)21-7-6-14-32(21)26(36)37-27(3,4)5/h8-11,17-18,21-22H,6-7,12-16H2,1-5H3,(H,29,34)(H,30,33)/t21-,22-/m1/s1. The fourth-order valence-electron chi connectivity index (χ4n) is 4.69. The van der Waals surface area contributed by atoms with Gasteiger partial charge >= 0.3 is 6.09 Å². The second kappa shape index (κ2) is 11.9. The number of benzene rings is 1. The van der Waals surface area contributed by atoms with Gasteiger partial charge in [0.15, 0.2) is 0 Å². The fourth-order valence-corrected chi connectivity index (χ4v) is 4.69. The number of anilines is 1. The maximum Gasteiger partial charge on any atom is 0.410 e. The molecule has 2 aliphatic heterocycles. The SMILES string of the molecule is CC(C)[C@@H](NC(=O)C1CCN(C(=O)[C@H]2CCCN2C(=O)OC(C)(C)C)CC1)C(=O)Nc1ccc(F)cc1. The van der Waals surface area contributed by atoms with Crippen LogP contribution >= 0.6 is 0 Å².